The molecule has 0 atom stereocenters. The van der Waals surface area contributed by atoms with Crippen LogP contribution in [0.1, 0.15) is 16.1 Å². The number of non-ortho nitro benzene ring substituents is 1. The molecule has 1 aromatic carbocycles. The molecule has 0 aliphatic rings. The number of nitro benzene ring substituents is 1. The van der Waals surface area contributed by atoms with Gasteiger partial charge in [-0.2, -0.15) is 11.3 Å². The maximum atomic E-state index is 12.1. The Balaban J connectivity index is 1.72. The highest BCUT2D eigenvalue weighted by molar-refractivity contribution is 7.14. The smallest absolute Gasteiger partial charge is 0.269 e. The molecule has 0 saturated carbocycles. The summed E-state index contributed by atoms with van der Waals surface area (Å²) in [6.45, 7) is 0. The third kappa shape index (κ3) is 3.58. The molecule has 0 bridgehead atoms. The summed E-state index contributed by atoms with van der Waals surface area (Å²) in [5.74, 6) is -0.218. The molecule has 0 aliphatic heterocycles. The standard InChI is InChI=1S/C16H10N2O3S2/c19-15(11-1-4-14(5-2-11)18(20)21)6-3-13-10-23-16(17-13)12-7-8-22-9-12/h1-10H/b6-3+. The number of thiophene rings is 1. The zero-order valence-electron chi connectivity index (χ0n) is 11.7. The number of rotatable bonds is 5. The monoisotopic (exact) mass is 342 g/mol. The Morgan fingerprint density at radius 2 is 1.96 bits per heavy atom. The lowest BCUT2D eigenvalue weighted by molar-refractivity contribution is -0.384. The summed E-state index contributed by atoms with van der Waals surface area (Å²) in [6.07, 6.45) is 3.07. The van der Waals surface area contributed by atoms with Crippen LogP contribution in [0.2, 0.25) is 0 Å². The summed E-state index contributed by atoms with van der Waals surface area (Å²) in [4.78, 5) is 26.6. The number of carbonyl (C=O) groups is 1. The van der Waals surface area contributed by atoms with E-state index < -0.39 is 4.92 Å². The molecule has 23 heavy (non-hydrogen) atoms. The molecule has 114 valence electrons. The van der Waals surface area contributed by atoms with Crippen molar-refractivity contribution >= 4 is 40.2 Å². The molecule has 0 saturated heterocycles. The highest BCUT2D eigenvalue weighted by Crippen LogP contribution is 2.26. The first-order valence-corrected chi connectivity index (χ1v) is 8.41. The van der Waals surface area contributed by atoms with Gasteiger partial charge in [0.1, 0.15) is 5.01 Å². The second-order valence-corrected chi connectivity index (χ2v) is 6.23. The summed E-state index contributed by atoms with van der Waals surface area (Å²) >= 11 is 3.13. The number of nitro groups is 1. The van der Waals surface area contributed by atoms with Gasteiger partial charge in [-0.1, -0.05) is 0 Å². The summed E-state index contributed by atoms with van der Waals surface area (Å²) < 4.78 is 0. The Morgan fingerprint density at radius 3 is 2.61 bits per heavy atom. The first-order chi connectivity index (χ1) is 11.1. The van der Waals surface area contributed by atoms with E-state index in [9.17, 15) is 14.9 Å². The first kappa shape index (κ1) is 15.3. The van der Waals surface area contributed by atoms with E-state index in [1.54, 1.807) is 17.4 Å². The normalized spacial score (nSPS) is 11.0. The fourth-order valence-electron chi connectivity index (χ4n) is 1.89. The van der Waals surface area contributed by atoms with Crippen molar-refractivity contribution in [1.82, 2.24) is 4.98 Å². The van der Waals surface area contributed by atoms with Crippen LogP contribution in [0.15, 0.2) is 52.5 Å². The number of aromatic nitrogens is 1. The molecule has 0 spiro atoms. The van der Waals surface area contributed by atoms with Gasteiger partial charge < -0.3 is 0 Å². The van der Waals surface area contributed by atoms with Crippen molar-refractivity contribution in [3.05, 3.63) is 73.9 Å². The van der Waals surface area contributed by atoms with Crippen molar-refractivity contribution in [2.45, 2.75) is 0 Å². The maximum Gasteiger partial charge on any atom is 0.269 e. The summed E-state index contributed by atoms with van der Waals surface area (Å²) in [5.41, 5.74) is 2.15. The highest BCUT2D eigenvalue weighted by Gasteiger charge is 2.08. The average Bonchev–Trinajstić information content (AvgIpc) is 3.23. The molecular formula is C16H10N2O3S2. The molecule has 2 aromatic heterocycles. The van der Waals surface area contributed by atoms with Crippen molar-refractivity contribution in [3.63, 3.8) is 0 Å². The average molecular weight is 342 g/mol. The first-order valence-electron chi connectivity index (χ1n) is 6.58. The molecule has 0 N–H and O–H groups in total. The number of allylic oxidation sites excluding steroid dienone is 1. The van der Waals surface area contributed by atoms with Crippen LogP contribution in [-0.4, -0.2) is 15.7 Å². The van der Waals surface area contributed by atoms with Crippen LogP contribution in [0.5, 0.6) is 0 Å². The van der Waals surface area contributed by atoms with Crippen molar-refractivity contribution in [2.24, 2.45) is 0 Å². The van der Waals surface area contributed by atoms with Crippen molar-refractivity contribution in [1.29, 1.82) is 0 Å². The van der Waals surface area contributed by atoms with Gasteiger partial charge in [-0.25, -0.2) is 4.98 Å². The SMILES string of the molecule is O=C(/C=C/c1csc(-c2ccsc2)n1)c1ccc([N+](=O)[O-])cc1. The Morgan fingerprint density at radius 1 is 1.17 bits per heavy atom. The van der Waals surface area contributed by atoms with Crippen LogP contribution in [0.3, 0.4) is 0 Å². The zero-order valence-corrected chi connectivity index (χ0v) is 13.3. The molecule has 2 heterocycles. The van der Waals surface area contributed by atoms with Crippen LogP contribution in [0.4, 0.5) is 5.69 Å². The summed E-state index contributed by atoms with van der Waals surface area (Å²) in [7, 11) is 0. The quantitative estimate of drug-likeness (QED) is 0.292. The van der Waals surface area contributed by atoms with Gasteiger partial charge in [0, 0.05) is 34.0 Å². The Kier molecular flexibility index (Phi) is 4.40. The van der Waals surface area contributed by atoms with E-state index in [2.05, 4.69) is 4.98 Å². The largest absolute Gasteiger partial charge is 0.289 e. The predicted octanol–water partition coefficient (Wildman–Crippen LogP) is 4.68. The lowest BCUT2D eigenvalue weighted by atomic mass is 10.1. The van der Waals surface area contributed by atoms with E-state index in [1.165, 1.54) is 41.7 Å². The Bertz CT molecular complexity index is 865. The maximum absolute atomic E-state index is 12.1. The summed E-state index contributed by atoms with van der Waals surface area (Å²) in [6, 6.07) is 7.53. The number of hydrogen-bond acceptors (Lipinski definition) is 6. The highest BCUT2D eigenvalue weighted by atomic mass is 32.1. The minimum absolute atomic E-state index is 0.0366. The van der Waals surface area contributed by atoms with Crippen molar-refractivity contribution < 1.29 is 9.72 Å². The number of benzene rings is 1. The van der Waals surface area contributed by atoms with Gasteiger partial charge in [0.25, 0.3) is 5.69 Å². The van der Waals surface area contributed by atoms with Crippen LogP contribution < -0.4 is 0 Å². The molecule has 5 nitrogen and oxygen atoms in total. The second kappa shape index (κ2) is 6.64. The van der Waals surface area contributed by atoms with Gasteiger partial charge >= 0.3 is 0 Å². The Hall–Kier alpha value is -2.64. The van der Waals surface area contributed by atoms with Crippen LogP contribution >= 0.6 is 22.7 Å². The zero-order chi connectivity index (χ0) is 16.2. The van der Waals surface area contributed by atoms with Gasteiger partial charge in [0.15, 0.2) is 5.78 Å². The van der Waals surface area contributed by atoms with Crippen LogP contribution in [-0.2, 0) is 0 Å². The predicted molar refractivity (Wildman–Crippen MR) is 91.9 cm³/mol. The van der Waals surface area contributed by atoms with E-state index in [1.807, 2.05) is 22.2 Å². The van der Waals surface area contributed by atoms with Crippen molar-refractivity contribution in [3.8, 4) is 10.6 Å². The molecule has 0 fully saturated rings. The third-order valence-corrected chi connectivity index (χ3v) is 4.65. The van der Waals surface area contributed by atoms with Crippen LogP contribution in [0.25, 0.3) is 16.6 Å². The molecule has 0 unspecified atom stereocenters. The fourth-order valence-corrected chi connectivity index (χ4v) is 3.39. The van der Waals surface area contributed by atoms with E-state index in [0.29, 0.717) is 11.3 Å². The second-order valence-electron chi connectivity index (χ2n) is 4.59. The van der Waals surface area contributed by atoms with E-state index in [4.69, 9.17) is 0 Å². The number of ketones is 1. The lowest BCUT2D eigenvalue weighted by Crippen LogP contribution is -1.95. The lowest BCUT2D eigenvalue weighted by Gasteiger charge is -1.95. The van der Waals surface area contributed by atoms with Crippen molar-refractivity contribution in [2.75, 3.05) is 0 Å². The fraction of sp³-hybridized carbons (Fsp3) is 0. The van der Waals surface area contributed by atoms with Gasteiger partial charge in [-0.15, -0.1) is 11.3 Å². The molecule has 0 radical (unpaired) electrons. The minimum Gasteiger partial charge on any atom is -0.289 e. The molecule has 3 aromatic rings. The molecule has 0 aliphatic carbocycles. The topological polar surface area (TPSA) is 73.1 Å². The number of thiazole rings is 1. The van der Waals surface area contributed by atoms with Gasteiger partial charge in [-0.05, 0) is 35.7 Å². The van der Waals surface area contributed by atoms with Crippen LogP contribution in [0, 0.1) is 10.1 Å². The number of hydrogen-bond donors (Lipinski definition) is 0. The Labute approximate surface area is 139 Å². The molecule has 3 rings (SSSR count). The molecule has 0 amide bonds. The molecule has 7 heteroatoms. The van der Waals surface area contributed by atoms with E-state index >= 15 is 0 Å². The molecular weight excluding hydrogens is 332 g/mol. The number of carbonyl (C=O) groups excluding carboxylic acids is 1. The third-order valence-electron chi connectivity index (χ3n) is 3.06. The van der Waals surface area contributed by atoms with Gasteiger partial charge in [0.05, 0.1) is 10.6 Å². The van der Waals surface area contributed by atoms with Gasteiger partial charge in [-0.3, -0.25) is 14.9 Å². The minimum atomic E-state index is -0.495. The summed E-state index contributed by atoms with van der Waals surface area (Å²) in [5, 5.41) is 17.4. The van der Waals surface area contributed by atoms with Gasteiger partial charge in [0.2, 0.25) is 0 Å². The van der Waals surface area contributed by atoms with E-state index in [-0.39, 0.29) is 11.5 Å². The number of nitrogens with zero attached hydrogens (tertiary/aromatic N) is 2. The van der Waals surface area contributed by atoms with E-state index in [0.717, 1.165) is 10.6 Å².